The number of thioether (sulfide) groups is 1. The van der Waals surface area contributed by atoms with Gasteiger partial charge < -0.3 is 10.5 Å². The predicted molar refractivity (Wildman–Crippen MR) is 109 cm³/mol. The van der Waals surface area contributed by atoms with E-state index in [0.29, 0.717) is 31.8 Å². The molecule has 0 spiro atoms. The average molecular weight is 437 g/mol. The fraction of sp³-hybridized carbons (Fsp3) is 0.105. The van der Waals surface area contributed by atoms with Crippen molar-refractivity contribution in [1.82, 2.24) is 4.90 Å². The normalized spacial score (nSPS) is 15.4. The molecule has 0 aromatic heterocycles. The lowest BCUT2D eigenvalue weighted by atomic mass is 10.2. The van der Waals surface area contributed by atoms with Crippen LogP contribution in [0.3, 0.4) is 0 Å². The topological polar surface area (TPSA) is 89.7 Å². The second-order valence-corrected chi connectivity index (χ2v) is 7.66. The number of nitrogens with zero attached hydrogens (tertiary/aromatic N) is 1. The van der Waals surface area contributed by atoms with Crippen molar-refractivity contribution in [3.8, 4) is 5.75 Å². The van der Waals surface area contributed by atoms with Crippen molar-refractivity contribution >= 4 is 58.1 Å². The lowest BCUT2D eigenvalue weighted by Crippen LogP contribution is -2.27. The summed E-state index contributed by atoms with van der Waals surface area (Å²) in [6, 6.07) is 11.6. The highest BCUT2D eigenvalue weighted by Gasteiger charge is 2.35. The summed E-state index contributed by atoms with van der Waals surface area (Å²) in [5.41, 5.74) is 6.37. The van der Waals surface area contributed by atoms with Crippen molar-refractivity contribution < 1.29 is 19.1 Å². The molecule has 0 radical (unpaired) electrons. The first kappa shape index (κ1) is 20.3. The van der Waals surface area contributed by atoms with E-state index in [-0.39, 0.29) is 18.4 Å². The van der Waals surface area contributed by atoms with Gasteiger partial charge in [0.05, 0.1) is 11.4 Å². The van der Waals surface area contributed by atoms with Gasteiger partial charge in [-0.3, -0.25) is 19.3 Å². The van der Waals surface area contributed by atoms with E-state index in [4.69, 9.17) is 33.7 Å². The van der Waals surface area contributed by atoms with Gasteiger partial charge >= 0.3 is 0 Å². The Labute approximate surface area is 175 Å². The summed E-state index contributed by atoms with van der Waals surface area (Å²) in [4.78, 5) is 37.1. The van der Waals surface area contributed by atoms with Gasteiger partial charge in [0.25, 0.3) is 17.1 Å². The van der Waals surface area contributed by atoms with Crippen LogP contribution in [-0.4, -0.2) is 28.6 Å². The first-order chi connectivity index (χ1) is 13.3. The summed E-state index contributed by atoms with van der Waals surface area (Å²) in [6.07, 6.45) is 1.62. The maximum Gasteiger partial charge on any atom is 0.293 e. The highest BCUT2D eigenvalue weighted by atomic mass is 35.5. The number of carbonyl (C=O) groups is 3. The lowest BCUT2D eigenvalue weighted by Gasteiger charge is -2.13. The molecule has 3 rings (SSSR count). The van der Waals surface area contributed by atoms with Crippen LogP contribution in [0.15, 0.2) is 47.4 Å². The smallest absolute Gasteiger partial charge is 0.293 e. The van der Waals surface area contributed by atoms with Crippen LogP contribution in [0.5, 0.6) is 5.75 Å². The van der Waals surface area contributed by atoms with Gasteiger partial charge in [-0.25, -0.2) is 0 Å². The third-order valence-corrected chi connectivity index (χ3v) is 5.27. The standard InChI is InChI=1S/C19H14Cl2N2O4S/c20-13-4-3-12(15(21)8-13)9-23-18(25)16(28-19(23)26)7-11-1-5-14(6-2-11)27-10-17(22)24/h1-8H,9-10H2,(H2,22,24)/b16-7-. The minimum absolute atomic E-state index is 0.0674. The van der Waals surface area contributed by atoms with Crippen molar-refractivity contribution in [2.75, 3.05) is 6.61 Å². The Morgan fingerprint density at radius 3 is 2.50 bits per heavy atom. The predicted octanol–water partition coefficient (Wildman–Crippen LogP) is 4.09. The second kappa shape index (κ2) is 8.68. The van der Waals surface area contributed by atoms with Crippen LogP contribution >= 0.6 is 35.0 Å². The minimum Gasteiger partial charge on any atom is -0.484 e. The summed E-state index contributed by atoms with van der Waals surface area (Å²) >= 11 is 12.9. The maximum atomic E-state index is 12.6. The molecule has 0 bridgehead atoms. The largest absolute Gasteiger partial charge is 0.484 e. The van der Waals surface area contributed by atoms with Crippen molar-refractivity contribution in [2.45, 2.75) is 6.54 Å². The van der Waals surface area contributed by atoms with Crippen LogP contribution in [0.2, 0.25) is 10.0 Å². The molecule has 28 heavy (non-hydrogen) atoms. The zero-order chi connectivity index (χ0) is 20.3. The Morgan fingerprint density at radius 2 is 1.86 bits per heavy atom. The Kier molecular flexibility index (Phi) is 6.28. The van der Waals surface area contributed by atoms with Crippen molar-refractivity contribution in [2.24, 2.45) is 5.73 Å². The summed E-state index contributed by atoms with van der Waals surface area (Å²) in [7, 11) is 0. The summed E-state index contributed by atoms with van der Waals surface area (Å²) < 4.78 is 5.18. The number of halogens is 2. The molecule has 1 heterocycles. The van der Waals surface area contributed by atoms with Crippen LogP contribution in [-0.2, 0) is 16.1 Å². The minimum atomic E-state index is -0.571. The second-order valence-electron chi connectivity index (χ2n) is 5.83. The molecule has 0 saturated carbocycles. The number of rotatable bonds is 6. The Hall–Kier alpha value is -2.48. The van der Waals surface area contributed by atoms with Crippen LogP contribution in [0.25, 0.3) is 6.08 Å². The highest BCUT2D eigenvalue weighted by molar-refractivity contribution is 8.18. The first-order valence-corrected chi connectivity index (χ1v) is 9.61. The van der Waals surface area contributed by atoms with E-state index in [0.717, 1.165) is 16.7 Å². The molecule has 2 N–H and O–H groups in total. The average Bonchev–Trinajstić information content (AvgIpc) is 2.90. The highest BCUT2D eigenvalue weighted by Crippen LogP contribution is 2.34. The summed E-state index contributed by atoms with van der Waals surface area (Å²) in [5.74, 6) is -0.491. The van der Waals surface area contributed by atoms with Gasteiger partial charge in [-0.15, -0.1) is 0 Å². The number of benzene rings is 2. The van der Waals surface area contributed by atoms with Gasteiger partial charge in [0.1, 0.15) is 5.75 Å². The number of nitrogens with two attached hydrogens (primary N) is 1. The van der Waals surface area contributed by atoms with Gasteiger partial charge in [0.2, 0.25) is 0 Å². The Balaban J connectivity index is 1.72. The molecule has 9 heteroatoms. The lowest BCUT2D eigenvalue weighted by molar-refractivity contribution is -0.123. The summed E-state index contributed by atoms with van der Waals surface area (Å²) in [5, 5.41) is 0.497. The van der Waals surface area contributed by atoms with Crippen molar-refractivity contribution in [3.05, 3.63) is 68.5 Å². The number of hydrogen-bond acceptors (Lipinski definition) is 5. The molecule has 3 amide bonds. The van der Waals surface area contributed by atoms with Crippen LogP contribution < -0.4 is 10.5 Å². The van der Waals surface area contributed by atoms with E-state index in [1.54, 1.807) is 48.5 Å². The first-order valence-electron chi connectivity index (χ1n) is 8.04. The van der Waals surface area contributed by atoms with Gasteiger partial charge in [-0.05, 0) is 53.2 Å². The molecule has 0 unspecified atom stereocenters. The fourth-order valence-corrected chi connectivity index (χ4v) is 3.73. The summed E-state index contributed by atoms with van der Waals surface area (Å²) in [6.45, 7) is -0.149. The van der Waals surface area contributed by atoms with Gasteiger partial charge in [0, 0.05) is 10.0 Å². The van der Waals surface area contributed by atoms with E-state index in [9.17, 15) is 14.4 Å². The van der Waals surface area contributed by atoms with E-state index < -0.39 is 11.8 Å². The molecule has 0 atom stereocenters. The molecule has 1 saturated heterocycles. The number of imide groups is 1. The quantitative estimate of drug-likeness (QED) is 0.688. The van der Waals surface area contributed by atoms with Crippen LogP contribution in [0.1, 0.15) is 11.1 Å². The monoisotopic (exact) mass is 436 g/mol. The van der Waals surface area contributed by atoms with Gasteiger partial charge in [-0.2, -0.15) is 0 Å². The van der Waals surface area contributed by atoms with Gasteiger partial charge in [0.15, 0.2) is 6.61 Å². The van der Waals surface area contributed by atoms with Gasteiger partial charge in [-0.1, -0.05) is 41.4 Å². The molecule has 2 aromatic carbocycles. The molecular weight excluding hydrogens is 423 g/mol. The molecule has 2 aromatic rings. The Morgan fingerprint density at radius 1 is 1.14 bits per heavy atom. The SMILES string of the molecule is NC(=O)COc1ccc(/C=C2\SC(=O)N(Cc3ccc(Cl)cc3Cl)C2=O)cc1. The van der Waals surface area contributed by atoms with Crippen molar-refractivity contribution in [1.29, 1.82) is 0 Å². The third kappa shape index (κ3) is 4.86. The number of hydrogen-bond donors (Lipinski definition) is 1. The maximum absolute atomic E-state index is 12.6. The number of carbonyl (C=O) groups excluding carboxylic acids is 3. The molecule has 1 fully saturated rings. The van der Waals surface area contributed by atoms with Crippen molar-refractivity contribution in [3.63, 3.8) is 0 Å². The molecular formula is C19H14Cl2N2O4S. The Bertz CT molecular complexity index is 976. The number of ether oxygens (including phenoxy) is 1. The molecule has 1 aliphatic rings. The molecule has 0 aliphatic carbocycles. The van der Waals surface area contributed by atoms with Crippen LogP contribution in [0.4, 0.5) is 4.79 Å². The number of primary amides is 1. The van der Waals surface area contributed by atoms with Crippen LogP contribution in [0, 0.1) is 0 Å². The zero-order valence-corrected chi connectivity index (χ0v) is 16.7. The fourth-order valence-electron chi connectivity index (χ4n) is 2.42. The number of amides is 3. The molecule has 6 nitrogen and oxygen atoms in total. The zero-order valence-electron chi connectivity index (χ0n) is 14.4. The molecule has 144 valence electrons. The van der Waals surface area contributed by atoms with E-state index in [2.05, 4.69) is 0 Å². The molecule has 1 aliphatic heterocycles. The van der Waals surface area contributed by atoms with E-state index >= 15 is 0 Å². The van der Waals surface area contributed by atoms with E-state index in [1.165, 1.54) is 0 Å². The van der Waals surface area contributed by atoms with E-state index in [1.807, 2.05) is 0 Å². The third-order valence-electron chi connectivity index (χ3n) is 3.78.